The van der Waals surface area contributed by atoms with Crippen LogP contribution in [-0.2, 0) is 0 Å². The van der Waals surface area contributed by atoms with Crippen LogP contribution < -0.4 is 4.90 Å². The Bertz CT molecular complexity index is 2800. The molecule has 0 saturated heterocycles. The maximum absolute atomic E-state index is 6.55. The first kappa shape index (κ1) is 26.3. The second-order valence-electron chi connectivity index (χ2n) is 12.1. The first-order chi connectivity index (χ1) is 23.3. The van der Waals surface area contributed by atoms with Crippen LogP contribution in [0, 0.1) is 0 Å². The highest BCUT2D eigenvalue weighted by Crippen LogP contribution is 2.46. The molecule has 0 spiro atoms. The van der Waals surface area contributed by atoms with Crippen LogP contribution in [0.5, 0.6) is 0 Å². The van der Waals surface area contributed by atoms with E-state index in [-0.39, 0.29) is 0 Å². The molecule has 8 aromatic carbocycles. The van der Waals surface area contributed by atoms with E-state index in [2.05, 4.69) is 169 Å². The lowest BCUT2D eigenvalue weighted by molar-refractivity contribution is 0.669. The minimum Gasteiger partial charge on any atom is -0.456 e. The van der Waals surface area contributed by atoms with Crippen molar-refractivity contribution in [2.24, 2.45) is 0 Å². The van der Waals surface area contributed by atoms with Crippen LogP contribution >= 0.6 is 11.3 Å². The van der Waals surface area contributed by atoms with Gasteiger partial charge < -0.3 is 9.32 Å². The Hall–Kier alpha value is -5.90. The number of hydrogen-bond acceptors (Lipinski definition) is 3. The Balaban J connectivity index is 1.19. The maximum atomic E-state index is 6.55. The quantitative estimate of drug-likeness (QED) is 0.195. The monoisotopic (exact) mass is 617 g/mol. The molecule has 0 fully saturated rings. The lowest BCUT2D eigenvalue weighted by Gasteiger charge is -2.26. The van der Waals surface area contributed by atoms with Crippen molar-refractivity contribution in [1.29, 1.82) is 0 Å². The highest BCUT2D eigenvalue weighted by atomic mass is 32.1. The number of nitrogens with zero attached hydrogens (tertiary/aromatic N) is 1. The van der Waals surface area contributed by atoms with Crippen molar-refractivity contribution >= 4 is 92.1 Å². The van der Waals surface area contributed by atoms with Crippen LogP contribution in [0.25, 0.3) is 74.8 Å². The Kier molecular flexibility index (Phi) is 5.78. The number of hydrogen-bond donors (Lipinski definition) is 0. The Labute approximate surface area is 275 Å². The van der Waals surface area contributed by atoms with Crippen molar-refractivity contribution in [3.05, 3.63) is 164 Å². The minimum absolute atomic E-state index is 0.884. The first-order valence-corrected chi connectivity index (χ1v) is 16.7. The lowest BCUT2D eigenvalue weighted by Crippen LogP contribution is -2.10. The van der Waals surface area contributed by atoms with Crippen molar-refractivity contribution in [2.75, 3.05) is 4.90 Å². The largest absolute Gasteiger partial charge is 0.456 e. The van der Waals surface area contributed by atoms with Gasteiger partial charge in [-0.05, 0) is 75.1 Å². The van der Waals surface area contributed by atoms with Crippen molar-refractivity contribution < 1.29 is 4.42 Å². The molecule has 220 valence electrons. The fourth-order valence-electron chi connectivity index (χ4n) is 7.28. The Morgan fingerprint density at radius 3 is 2.00 bits per heavy atom. The molecule has 0 N–H and O–H groups in total. The van der Waals surface area contributed by atoms with Crippen molar-refractivity contribution in [1.82, 2.24) is 0 Å². The second-order valence-corrected chi connectivity index (χ2v) is 13.2. The van der Waals surface area contributed by atoms with Gasteiger partial charge in [-0.25, -0.2) is 0 Å². The molecule has 0 saturated carbocycles. The molecule has 3 heteroatoms. The summed E-state index contributed by atoms with van der Waals surface area (Å²) < 4.78 is 9.11. The summed E-state index contributed by atoms with van der Waals surface area (Å²) in [7, 11) is 0. The van der Waals surface area contributed by atoms with Gasteiger partial charge in [0.1, 0.15) is 11.2 Å². The molecule has 10 rings (SSSR count). The average Bonchev–Trinajstić information content (AvgIpc) is 3.71. The third-order valence-corrected chi connectivity index (χ3v) is 10.7. The van der Waals surface area contributed by atoms with E-state index < -0.39 is 0 Å². The van der Waals surface area contributed by atoms with E-state index in [1.165, 1.54) is 58.2 Å². The van der Waals surface area contributed by atoms with Gasteiger partial charge in [0.2, 0.25) is 0 Å². The van der Waals surface area contributed by atoms with E-state index in [0.717, 1.165) is 33.6 Å². The fraction of sp³-hybridized carbons (Fsp3) is 0. The predicted octanol–water partition coefficient (Wildman–Crippen LogP) is 13.4. The van der Waals surface area contributed by atoms with Crippen LogP contribution in [0.15, 0.2) is 168 Å². The maximum Gasteiger partial charge on any atom is 0.137 e. The van der Waals surface area contributed by atoms with Gasteiger partial charge in [0.05, 0.1) is 10.4 Å². The summed E-state index contributed by atoms with van der Waals surface area (Å²) in [5, 5.41) is 9.81. The molecule has 0 aliphatic heterocycles. The number of furan rings is 1. The fourth-order valence-corrected chi connectivity index (χ4v) is 8.48. The number of rotatable bonds is 4. The van der Waals surface area contributed by atoms with Crippen LogP contribution in [0.1, 0.15) is 0 Å². The summed E-state index contributed by atoms with van der Waals surface area (Å²) in [5.74, 6) is 0. The summed E-state index contributed by atoms with van der Waals surface area (Å²) in [6, 6.07) is 59.0. The average molecular weight is 618 g/mol. The summed E-state index contributed by atoms with van der Waals surface area (Å²) in [6.07, 6.45) is 0. The number of benzene rings is 8. The van der Waals surface area contributed by atoms with Crippen molar-refractivity contribution in [3.63, 3.8) is 0 Å². The van der Waals surface area contributed by atoms with Crippen LogP contribution in [0.3, 0.4) is 0 Å². The van der Waals surface area contributed by atoms with Gasteiger partial charge in [-0.2, -0.15) is 0 Å². The zero-order chi connectivity index (χ0) is 30.9. The molecule has 0 aliphatic carbocycles. The third-order valence-electron chi connectivity index (χ3n) is 9.45. The number of thiophene rings is 1. The molecule has 0 aliphatic rings. The SMILES string of the molecule is c1ccc2c(-c3ccc(N(c4ccc5c(c4)oc4ccc6ccccc6c45)c4cccc5c4sc4ccccc45)cc3)cccc2c1. The van der Waals surface area contributed by atoms with Gasteiger partial charge in [0, 0.05) is 43.7 Å². The van der Waals surface area contributed by atoms with E-state index in [0.29, 0.717) is 0 Å². The van der Waals surface area contributed by atoms with E-state index in [9.17, 15) is 0 Å². The van der Waals surface area contributed by atoms with Gasteiger partial charge in [-0.3, -0.25) is 0 Å². The molecule has 0 radical (unpaired) electrons. The molecule has 2 heterocycles. The van der Waals surface area contributed by atoms with Gasteiger partial charge in [0.15, 0.2) is 0 Å². The van der Waals surface area contributed by atoms with Crippen LogP contribution in [-0.4, -0.2) is 0 Å². The van der Waals surface area contributed by atoms with Gasteiger partial charge >= 0.3 is 0 Å². The summed E-state index contributed by atoms with van der Waals surface area (Å²) in [5.41, 5.74) is 7.54. The van der Waals surface area contributed by atoms with Gasteiger partial charge in [0.25, 0.3) is 0 Å². The molecule has 0 amide bonds. The standard InChI is InChI=1S/C44H27NOS/c1-3-12-33-28(9-1)11-7-15-34(33)30-19-22-31(23-20-30)45(39-17-8-16-37-36-14-5-6-18-42(36)47-44(37)39)32-24-25-38-41(27-32)46-40-26-21-29-10-2-4-13-35(29)43(38)40/h1-27H. The number of fused-ring (bicyclic) bond motifs is 9. The molecule has 10 aromatic rings. The summed E-state index contributed by atoms with van der Waals surface area (Å²) >= 11 is 1.85. The lowest BCUT2D eigenvalue weighted by atomic mass is 9.98. The summed E-state index contributed by atoms with van der Waals surface area (Å²) in [4.78, 5) is 2.38. The molecule has 0 atom stereocenters. The van der Waals surface area contributed by atoms with Crippen LogP contribution in [0.2, 0.25) is 0 Å². The minimum atomic E-state index is 0.884. The molecule has 0 bridgehead atoms. The first-order valence-electron chi connectivity index (χ1n) is 15.9. The zero-order valence-corrected chi connectivity index (χ0v) is 26.2. The molecule has 2 aromatic heterocycles. The van der Waals surface area contributed by atoms with E-state index in [1.807, 2.05) is 11.3 Å². The van der Waals surface area contributed by atoms with Crippen molar-refractivity contribution in [2.45, 2.75) is 0 Å². The Morgan fingerprint density at radius 1 is 0.447 bits per heavy atom. The number of anilines is 3. The van der Waals surface area contributed by atoms with E-state index in [4.69, 9.17) is 4.42 Å². The normalized spacial score (nSPS) is 11.8. The van der Waals surface area contributed by atoms with Gasteiger partial charge in [-0.1, -0.05) is 115 Å². The Morgan fingerprint density at radius 2 is 1.13 bits per heavy atom. The highest BCUT2D eigenvalue weighted by molar-refractivity contribution is 7.26. The molecule has 47 heavy (non-hydrogen) atoms. The highest BCUT2D eigenvalue weighted by Gasteiger charge is 2.20. The van der Waals surface area contributed by atoms with Crippen LogP contribution in [0.4, 0.5) is 17.1 Å². The molecule has 0 unspecified atom stereocenters. The van der Waals surface area contributed by atoms with Gasteiger partial charge in [-0.15, -0.1) is 11.3 Å². The molecular formula is C44H27NOS. The second kappa shape index (κ2) is 10.3. The van der Waals surface area contributed by atoms with E-state index >= 15 is 0 Å². The third kappa shape index (κ3) is 4.10. The smallest absolute Gasteiger partial charge is 0.137 e. The summed E-state index contributed by atoms with van der Waals surface area (Å²) in [6.45, 7) is 0. The topological polar surface area (TPSA) is 16.4 Å². The molecule has 2 nitrogen and oxygen atoms in total. The predicted molar refractivity (Wildman–Crippen MR) is 202 cm³/mol. The van der Waals surface area contributed by atoms with Crippen molar-refractivity contribution in [3.8, 4) is 11.1 Å². The zero-order valence-electron chi connectivity index (χ0n) is 25.4. The molecular weight excluding hydrogens is 591 g/mol. The van der Waals surface area contributed by atoms with E-state index in [1.54, 1.807) is 0 Å².